The first-order valence-corrected chi connectivity index (χ1v) is 7.74. The minimum atomic E-state index is -0.313. The van der Waals surface area contributed by atoms with E-state index in [2.05, 4.69) is 25.8 Å². The highest BCUT2D eigenvalue weighted by Crippen LogP contribution is 2.26. The third kappa shape index (κ3) is 2.70. The van der Waals surface area contributed by atoms with Crippen LogP contribution in [-0.2, 0) is 5.41 Å². The fourth-order valence-corrected chi connectivity index (χ4v) is 2.73. The van der Waals surface area contributed by atoms with E-state index in [1.54, 1.807) is 18.2 Å². The quantitative estimate of drug-likeness (QED) is 0.693. The molecule has 0 fully saturated rings. The summed E-state index contributed by atoms with van der Waals surface area (Å²) in [5.41, 5.74) is 2.19. The molecule has 0 aliphatic rings. The van der Waals surface area contributed by atoms with Gasteiger partial charge in [0.2, 0.25) is 0 Å². The number of hydrogen-bond donors (Lipinski definition) is 1. The summed E-state index contributed by atoms with van der Waals surface area (Å²) in [6.45, 7) is 6.44. The Morgan fingerprint density at radius 1 is 1.09 bits per heavy atom. The first kappa shape index (κ1) is 15.6. The second-order valence-corrected chi connectivity index (χ2v) is 6.98. The molecule has 118 valence electrons. The molecule has 2 N–H and O–H groups in total. The summed E-state index contributed by atoms with van der Waals surface area (Å²) in [4.78, 5) is 16.9. The minimum absolute atomic E-state index is 0.0566. The molecule has 0 saturated carbocycles. The zero-order chi connectivity index (χ0) is 16.8. The number of nitrogens with zero attached hydrogens (tertiary/aromatic N) is 2. The summed E-state index contributed by atoms with van der Waals surface area (Å²) >= 11 is 6.17. The second kappa shape index (κ2) is 5.39. The Balaban J connectivity index is 2.22. The molecule has 0 radical (unpaired) electrons. The van der Waals surface area contributed by atoms with Crippen molar-refractivity contribution < 1.29 is 0 Å². The van der Waals surface area contributed by atoms with E-state index in [0.29, 0.717) is 21.7 Å². The first-order valence-electron chi connectivity index (χ1n) is 7.36. The molecular weight excluding hydrogens is 310 g/mol. The van der Waals surface area contributed by atoms with Gasteiger partial charge in [0.05, 0.1) is 15.9 Å². The number of benzene rings is 2. The molecule has 0 saturated heterocycles. The van der Waals surface area contributed by atoms with Crippen LogP contribution >= 0.6 is 11.6 Å². The SMILES string of the molecule is CC(C)(C)c1ccc(-c2nc3c(Cl)cccc3c(=O)n2N)cc1. The Morgan fingerprint density at radius 2 is 1.74 bits per heavy atom. The Kier molecular flexibility index (Phi) is 3.65. The predicted molar refractivity (Wildman–Crippen MR) is 95.3 cm³/mol. The van der Waals surface area contributed by atoms with Crippen LogP contribution in [0.3, 0.4) is 0 Å². The fraction of sp³-hybridized carbons (Fsp3) is 0.222. The highest BCUT2D eigenvalue weighted by atomic mass is 35.5. The number of nitrogens with two attached hydrogens (primary N) is 1. The molecule has 3 rings (SSSR count). The molecule has 0 bridgehead atoms. The molecule has 5 heteroatoms. The van der Waals surface area contributed by atoms with Crippen LogP contribution in [0.2, 0.25) is 5.02 Å². The lowest BCUT2D eigenvalue weighted by Crippen LogP contribution is -2.30. The molecule has 23 heavy (non-hydrogen) atoms. The lowest BCUT2D eigenvalue weighted by atomic mass is 9.86. The predicted octanol–water partition coefficient (Wildman–Crippen LogP) is 3.73. The van der Waals surface area contributed by atoms with Crippen LogP contribution in [-0.4, -0.2) is 9.66 Å². The third-order valence-corrected chi connectivity index (χ3v) is 4.20. The van der Waals surface area contributed by atoms with Gasteiger partial charge in [0.25, 0.3) is 5.56 Å². The number of hydrogen-bond acceptors (Lipinski definition) is 3. The highest BCUT2D eigenvalue weighted by Gasteiger charge is 2.16. The normalized spacial score (nSPS) is 11.8. The average molecular weight is 328 g/mol. The molecule has 4 nitrogen and oxygen atoms in total. The summed E-state index contributed by atoms with van der Waals surface area (Å²) < 4.78 is 1.07. The van der Waals surface area contributed by atoms with E-state index >= 15 is 0 Å². The van der Waals surface area contributed by atoms with Gasteiger partial charge in [-0.25, -0.2) is 9.66 Å². The fourth-order valence-electron chi connectivity index (χ4n) is 2.51. The average Bonchev–Trinajstić information content (AvgIpc) is 2.51. The van der Waals surface area contributed by atoms with Crippen molar-refractivity contribution in [2.24, 2.45) is 0 Å². The van der Waals surface area contributed by atoms with Gasteiger partial charge in [0.1, 0.15) is 0 Å². The second-order valence-electron chi connectivity index (χ2n) is 6.57. The molecule has 0 unspecified atom stereocenters. The topological polar surface area (TPSA) is 60.9 Å². The molecule has 0 spiro atoms. The number of fused-ring (bicyclic) bond motifs is 1. The van der Waals surface area contributed by atoms with Crippen LogP contribution in [0.15, 0.2) is 47.3 Å². The van der Waals surface area contributed by atoms with Gasteiger partial charge < -0.3 is 5.84 Å². The number of halogens is 1. The number of nitrogen functional groups attached to an aromatic ring is 1. The van der Waals surface area contributed by atoms with Gasteiger partial charge in [-0.2, -0.15) is 0 Å². The minimum Gasteiger partial charge on any atom is -0.334 e. The summed E-state index contributed by atoms with van der Waals surface area (Å²) in [5, 5.41) is 0.850. The monoisotopic (exact) mass is 327 g/mol. The molecule has 3 aromatic rings. The van der Waals surface area contributed by atoms with Crippen molar-refractivity contribution in [2.45, 2.75) is 26.2 Å². The van der Waals surface area contributed by atoms with Crippen molar-refractivity contribution in [1.82, 2.24) is 9.66 Å². The molecule has 0 aliphatic heterocycles. The van der Waals surface area contributed by atoms with Gasteiger partial charge in [-0.3, -0.25) is 4.79 Å². The van der Waals surface area contributed by atoms with Gasteiger partial charge in [-0.1, -0.05) is 62.7 Å². The molecule has 1 heterocycles. The maximum atomic E-state index is 12.4. The Morgan fingerprint density at radius 3 is 2.35 bits per heavy atom. The summed E-state index contributed by atoms with van der Waals surface area (Å²) in [7, 11) is 0. The van der Waals surface area contributed by atoms with E-state index in [1.807, 2.05) is 24.3 Å². The molecular formula is C18H18ClN3O. The Hall–Kier alpha value is -2.33. The van der Waals surface area contributed by atoms with Crippen molar-refractivity contribution in [3.63, 3.8) is 0 Å². The zero-order valence-electron chi connectivity index (χ0n) is 13.3. The maximum Gasteiger partial charge on any atom is 0.280 e. The molecule has 0 amide bonds. The van der Waals surface area contributed by atoms with Crippen molar-refractivity contribution in [1.29, 1.82) is 0 Å². The molecule has 1 aromatic heterocycles. The third-order valence-electron chi connectivity index (χ3n) is 3.89. The molecule has 0 atom stereocenters. The Bertz CT molecular complexity index is 937. The Labute approximate surface area is 139 Å². The van der Waals surface area contributed by atoms with Crippen LogP contribution < -0.4 is 11.4 Å². The van der Waals surface area contributed by atoms with Crippen LogP contribution in [0.1, 0.15) is 26.3 Å². The van der Waals surface area contributed by atoms with E-state index in [9.17, 15) is 4.79 Å². The van der Waals surface area contributed by atoms with Crippen molar-refractivity contribution >= 4 is 22.5 Å². The van der Waals surface area contributed by atoms with E-state index in [4.69, 9.17) is 17.4 Å². The lowest BCUT2D eigenvalue weighted by Gasteiger charge is -2.19. The van der Waals surface area contributed by atoms with Gasteiger partial charge in [0.15, 0.2) is 5.82 Å². The lowest BCUT2D eigenvalue weighted by molar-refractivity contribution is 0.590. The van der Waals surface area contributed by atoms with E-state index in [1.165, 1.54) is 5.56 Å². The van der Waals surface area contributed by atoms with Crippen molar-refractivity contribution in [3.8, 4) is 11.4 Å². The van der Waals surface area contributed by atoms with Gasteiger partial charge in [-0.15, -0.1) is 0 Å². The van der Waals surface area contributed by atoms with E-state index in [0.717, 1.165) is 10.2 Å². The van der Waals surface area contributed by atoms with Crippen LogP contribution in [0.4, 0.5) is 0 Å². The molecule has 2 aromatic carbocycles. The van der Waals surface area contributed by atoms with Gasteiger partial charge in [-0.05, 0) is 23.1 Å². The zero-order valence-corrected chi connectivity index (χ0v) is 14.1. The summed E-state index contributed by atoms with van der Waals surface area (Å²) in [5.74, 6) is 6.35. The number of rotatable bonds is 1. The summed E-state index contributed by atoms with van der Waals surface area (Å²) in [6.07, 6.45) is 0. The van der Waals surface area contributed by atoms with Crippen LogP contribution in [0, 0.1) is 0 Å². The standard InChI is InChI=1S/C18H18ClN3O/c1-18(2,3)12-9-7-11(8-10-12)16-21-15-13(17(23)22(16)20)5-4-6-14(15)19/h4-10H,20H2,1-3H3. The smallest absolute Gasteiger partial charge is 0.280 e. The first-order chi connectivity index (χ1) is 10.8. The molecule has 0 aliphatic carbocycles. The van der Waals surface area contributed by atoms with E-state index < -0.39 is 0 Å². The van der Waals surface area contributed by atoms with Crippen molar-refractivity contribution in [2.75, 3.05) is 5.84 Å². The number of aromatic nitrogens is 2. The van der Waals surface area contributed by atoms with Crippen LogP contribution in [0.5, 0.6) is 0 Å². The van der Waals surface area contributed by atoms with Gasteiger partial charge >= 0.3 is 0 Å². The largest absolute Gasteiger partial charge is 0.334 e. The van der Waals surface area contributed by atoms with Crippen molar-refractivity contribution in [3.05, 3.63) is 63.4 Å². The highest BCUT2D eigenvalue weighted by molar-refractivity contribution is 6.35. The maximum absolute atomic E-state index is 12.4. The van der Waals surface area contributed by atoms with Gasteiger partial charge in [0, 0.05) is 5.56 Å². The summed E-state index contributed by atoms with van der Waals surface area (Å²) in [6, 6.07) is 13.0. The van der Waals surface area contributed by atoms with Crippen LogP contribution in [0.25, 0.3) is 22.3 Å². The van der Waals surface area contributed by atoms with E-state index in [-0.39, 0.29) is 11.0 Å². The number of para-hydroxylation sites is 1.